The average Bonchev–Trinajstić information content (AvgIpc) is 3.23. The molecule has 0 bridgehead atoms. The van der Waals surface area contributed by atoms with Crippen LogP contribution in [0.1, 0.15) is 52.0 Å². The van der Waals surface area contributed by atoms with Gasteiger partial charge in [0.25, 0.3) is 0 Å². The lowest BCUT2D eigenvalue weighted by atomic mass is 9.99. The van der Waals surface area contributed by atoms with Gasteiger partial charge in [-0.3, -0.25) is 0 Å². The molecule has 0 radical (unpaired) electrons. The lowest BCUT2D eigenvalue weighted by molar-refractivity contribution is 0.249. The molecular formula is C29H37N3O. The fraction of sp³-hybridized carbons (Fsp3) is 0.414. The highest BCUT2D eigenvalue weighted by Gasteiger charge is 2.11. The molecule has 0 unspecified atom stereocenters. The maximum Gasteiger partial charge on any atom is 0.138 e. The number of hydrogen-bond donors (Lipinski definition) is 1. The smallest absolute Gasteiger partial charge is 0.138 e. The maximum absolute atomic E-state index is 5.97. The normalized spacial score (nSPS) is 11.6. The van der Waals surface area contributed by atoms with Crippen LogP contribution in [0.15, 0.2) is 54.7 Å². The third kappa shape index (κ3) is 5.56. The van der Waals surface area contributed by atoms with Crippen LogP contribution in [0.5, 0.6) is 5.75 Å². The summed E-state index contributed by atoms with van der Waals surface area (Å²) in [5, 5.41) is 2.54. The first-order valence-electron chi connectivity index (χ1n) is 12.6. The molecule has 0 saturated heterocycles. The molecule has 4 heteroatoms. The summed E-state index contributed by atoms with van der Waals surface area (Å²) in [6.45, 7) is 10.7. The van der Waals surface area contributed by atoms with Gasteiger partial charge >= 0.3 is 0 Å². The molecule has 33 heavy (non-hydrogen) atoms. The highest BCUT2D eigenvalue weighted by molar-refractivity contribution is 6.08. The van der Waals surface area contributed by atoms with Gasteiger partial charge in [0.15, 0.2) is 0 Å². The van der Waals surface area contributed by atoms with E-state index in [1.807, 2.05) is 6.20 Å². The SMILES string of the molecule is CCCCCc1ccnc2[nH]c3ccc(-c4ccc(OCCCN(CC)CC)cc4)cc3c12. The number of rotatable bonds is 12. The Balaban J connectivity index is 1.50. The minimum atomic E-state index is 0.755. The van der Waals surface area contributed by atoms with Gasteiger partial charge in [-0.25, -0.2) is 4.98 Å². The summed E-state index contributed by atoms with van der Waals surface area (Å²) >= 11 is 0. The second-order valence-electron chi connectivity index (χ2n) is 8.79. The standard InChI is InChI=1S/C29H37N3O/c1-4-7-8-10-23-17-18-30-29-28(23)26-21-24(13-16-27(26)31-29)22-11-14-25(15-12-22)33-20-9-19-32(5-2)6-3/h11-18,21H,4-10,19-20H2,1-3H3,(H,30,31). The van der Waals surface area contributed by atoms with Crippen molar-refractivity contribution in [2.75, 3.05) is 26.2 Å². The van der Waals surface area contributed by atoms with E-state index in [4.69, 9.17) is 4.74 Å². The monoisotopic (exact) mass is 443 g/mol. The van der Waals surface area contributed by atoms with Gasteiger partial charge in [0.05, 0.1) is 6.61 Å². The van der Waals surface area contributed by atoms with Gasteiger partial charge in [0.1, 0.15) is 11.4 Å². The Kier molecular flexibility index (Phi) is 8.01. The number of aromatic nitrogens is 2. The van der Waals surface area contributed by atoms with E-state index in [1.54, 1.807) is 0 Å². The predicted octanol–water partition coefficient (Wildman–Crippen LogP) is 7.23. The van der Waals surface area contributed by atoms with Gasteiger partial charge in [-0.15, -0.1) is 0 Å². The summed E-state index contributed by atoms with van der Waals surface area (Å²) in [4.78, 5) is 10.5. The van der Waals surface area contributed by atoms with Crippen molar-refractivity contribution in [3.63, 3.8) is 0 Å². The van der Waals surface area contributed by atoms with Gasteiger partial charge in [-0.2, -0.15) is 0 Å². The first-order chi connectivity index (χ1) is 16.2. The van der Waals surface area contributed by atoms with Crippen LogP contribution < -0.4 is 4.74 Å². The number of benzene rings is 2. The Morgan fingerprint density at radius 3 is 2.42 bits per heavy atom. The van der Waals surface area contributed by atoms with Crippen molar-refractivity contribution in [1.29, 1.82) is 0 Å². The van der Waals surface area contributed by atoms with Crippen molar-refractivity contribution in [2.45, 2.75) is 52.9 Å². The lowest BCUT2D eigenvalue weighted by Crippen LogP contribution is -2.25. The number of H-pyrrole nitrogens is 1. The van der Waals surface area contributed by atoms with Gasteiger partial charge in [-0.05, 0) is 79.4 Å². The zero-order valence-corrected chi connectivity index (χ0v) is 20.4. The van der Waals surface area contributed by atoms with Crippen LogP contribution in [0.25, 0.3) is 33.1 Å². The minimum Gasteiger partial charge on any atom is -0.494 e. The number of hydrogen-bond acceptors (Lipinski definition) is 3. The van der Waals surface area contributed by atoms with Crippen molar-refractivity contribution in [3.8, 4) is 16.9 Å². The summed E-state index contributed by atoms with van der Waals surface area (Å²) in [6, 6.07) is 17.4. The van der Waals surface area contributed by atoms with Crippen molar-refractivity contribution < 1.29 is 4.74 Å². The van der Waals surface area contributed by atoms with Crippen LogP contribution in [0, 0.1) is 0 Å². The van der Waals surface area contributed by atoms with E-state index in [0.29, 0.717) is 0 Å². The lowest BCUT2D eigenvalue weighted by Gasteiger charge is -2.17. The van der Waals surface area contributed by atoms with E-state index in [2.05, 4.69) is 84.2 Å². The van der Waals surface area contributed by atoms with Crippen molar-refractivity contribution >= 4 is 21.9 Å². The third-order valence-electron chi connectivity index (χ3n) is 6.60. The zero-order chi connectivity index (χ0) is 23.0. The number of nitrogens with one attached hydrogen (secondary N) is 1. The number of aryl methyl sites for hydroxylation is 1. The molecular weight excluding hydrogens is 406 g/mol. The molecule has 2 aromatic carbocycles. The molecule has 2 aromatic heterocycles. The van der Waals surface area contributed by atoms with Crippen molar-refractivity contribution in [3.05, 3.63) is 60.3 Å². The number of nitrogens with zero attached hydrogens (tertiary/aromatic N) is 2. The summed E-state index contributed by atoms with van der Waals surface area (Å²) in [6.07, 6.45) is 7.81. The first kappa shape index (κ1) is 23.3. The fourth-order valence-electron chi connectivity index (χ4n) is 4.60. The molecule has 4 rings (SSSR count). The molecule has 0 atom stereocenters. The first-order valence-corrected chi connectivity index (χ1v) is 12.6. The van der Waals surface area contributed by atoms with Crippen LogP contribution in [-0.4, -0.2) is 41.1 Å². The van der Waals surface area contributed by atoms with Gasteiger partial charge in [0.2, 0.25) is 0 Å². The fourth-order valence-corrected chi connectivity index (χ4v) is 4.60. The van der Waals surface area contributed by atoms with E-state index in [0.717, 1.165) is 56.0 Å². The molecule has 0 aliphatic rings. The molecule has 0 saturated carbocycles. The second-order valence-corrected chi connectivity index (χ2v) is 8.79. The Hall–Kier alpha value is -2.85. The van der Waals surface area contributed by atoms with Crippen molar-refractivity contribution in [1.82, 2.24) is 14.9 Å². The summed E-state index contributed by atoms with van der Waals surface area (Å²) < 4.78 is 5.97. The molecule has 4 nitrogen and oxygen atoms in total. The van der Waals surface area contributed by atoms with E-state index in [1.165, 1.54) is 46.7 Å². The molecule has 174 valence electrons. The topological polar surface area (TPSA) is 41.1 Å². The summed E-state index contributed by atoms with van der Waals surface area (Å²) in [7, 11) is 0. The molecule has 0 aliphatic carbocycles. The largest absolute Gasteiger partial charge is 0.494 e. The van der Waals surface area contributed by atoms with Crippen LogP contribution >= 0.6 is 0 Å². The Labute approximate surface area is 198 Å². The van der Waals surface area contributed by atoms with Crippen LogP contribution in [0.4, 0.5) is 0 Å². The third-order valence-corrected chi connectivity index (χ3v) is 6.60. The summed E-state index contributed by atoms with van der Waals surface area (Å²) in [5.41, 5.74) is 5.96. The predicted molar refractivity (Wildman–Crippen MR) is 140 cm³/mol. The van der Waals surface area contributed by atoms with Crippen molar-refractivity contribution in [2.24, 2.45) is 0 Å². The summed E-state index contributed by atoms with van der Waals surface area (Å²) in [5.74, 6) is 0.939. The van der Waals surface area contributed by atoms with Gasteiger partial charge < -0.3 is 14.6 Å². The maximum atomic E-state index is 5.97. The number of aromatic amines is 1. The highest BCUT2D eigenvalue weighted by atomic mass is 16.5. The van der Waals surface area contributed by atoms with E-state index in [9.17, 15) is 0 Å². The average molecular weight is 444 g/mol. The molecule has 4 aromatic rings. The number of fused-ring (bicyclic) bond motifs is 3. The molecule has 2 heterocycles. The molecule has 0 amide bonds. The molecule has 0 fully saturated rings. The van der Waals surface area contributed by atoms with Gasteiger partial charge in [0, 0.05) is 29.0 Å². The zero-order valence-electron chi connectivity index (χ0n) is 20.4. The van der Waals surface area contributed by atoms with Crippen LogP contribution in [0.2, 0.25) is 0 Å². The number of unbranched alkanes of at least 4 members (excludes halogenated alkanes) is 2. The minimum absolute atomic E-state index is 0.755. The van der Waals surface area contributed by atoms with Gasteiger partial charge in [-0.1, -0.05) is 51.8 Å². The van der Waals surface area contributed by atoms with E-state index < -0.39 is 0 Å². The highest BCUT2D eigenvalue weighted by Crippen LogP contribution is 2.32. The van der Waals surface area contributed by atoms with Crippen LogP contribution in [0.3, 0.4) is 0 Å². The Morgan fingerprint density at radius 1 is 0.879 bits per heavy atom. The van der Waals surface area contributed by atoms with E-state index >= 15 is 0 Å². The number of pyridine rings is 1. The van der Waals surface area contributed by atoms with E-state index in [-0.39, 0.29) is 0 Å². The van der Waals surface area contributed by atoms with Crippen LogP contribution in [-0.2, 0) is 6.42 Å². The Morgan fingerprint density at radius 2 is 1.67 bits per heavy atom. The number of ether oxygens (including phenoxy) is 1. The quantitative estimate of drug-likeness (QED) is 0.235. The molecule has 1 N–H and O–H groups in total. The molecule has 0 aliphatic heterocycles. The molecule has 0 spiro atoms. The Bertz CT molecular complexity index is 1160. The second kappa shape index (κ2) is 11.3.